The Kier molecular flexibility index (Phi) is 10.1. The van der Waals surface area contributed by atoms with E-state index in [1.54, 1.807) is 0 Å². The highest BCUT2D eigenvalue weighted by molar-refractivity contribution is 6.77. The molecule has 13 aromatic rings. The average Bonchev–Trinajstić information content (AvgIpc) is 3.74. The Morgan fingerprint density at radius 2 is 0.616 bits per heavy atom. The maximum absolute atomic E-state index is 6.84. The summed E-state index contributed by atoms with van der Waals surface area (Å²) >= 11 is 0. The normalized spacial score (nSPS) is 12.3. The summed E-state index contributed by atoms with van der Waals surface area (Å²) in [7, 11) is 42.8. The van der Waals surface area contributed by atoms with Gasteiger partial charge in [0.15, 0.2) is 0 Å². The summed E-state index contributed by atoms with van der Waals surface area (Å²) in [4.78, 5) is 0. The molecule has 0 aliphatic rings. The molecule has 324 valence electrons. The Balaban J connectivity index is 1.25. The topological polar surface area (TPSA) is 13.1 Å². The fourth-order valence-corrected chi connectivity index (χ4v) is 15.0. The largest absolute Gasteiger partial charge is 0.456 e. The molecule has 0 atom stereocenters. The van der Waals surface area contributed by atoms with Crippen LogP contribution in [0.1, 0.15) is 0 Å². The van der Waals surface area contributed by atoms with Crippen LogP contribution in [-0.4, -0.2) is 141 Å². The molecule has 1 nitrogen and oxygen atoms in total. The Morgan fingerprint density at radius 3 is 1.10 bits per heavy atom. The van der Waals surface area contributed by atoms with Crippen molar-refractivity contribution >= 4 is 337 Å². The van der Waals surface area contributed by atoms with E-state index in [9.17, 15) is 0 Å². The van der Waals surface area contributed by atoms with Gasteiger partial charge >= 0.3 is 0 Å². The second-order valence-corrected chi connectivity index (χ2v) is 22.7. The van der Waals surface area contributed by atoms with Crippen molar-refractivity contribution in [2.75, 3.05) is 0 Å². The third-order valence-corrected chi connectivity index (χ3v) is 19.9. The predicted molar refractivity (Wildman–Crippen MR) is 382 cm³/mol. The third kappa shape index (κ3) is 5.78. The summed E-state index contributed by atoms with van der Waals surface area (Å²) < 4.78 is 6.84. The quantitative estimate of drug-likeness (QED) is 0.127. The second-order valence-electron chi connectivity index (χ2n) is 22.7. The lowest BCUT2D eigenvalue weighted by atomic mass is 9.58. The maximum Gasteiger partial charge on any atom is 0.139 e. The van der Waals surface area contributed by atoms with E-state index in [1.165, 1.54) is 213 Å². The monoisotopic (exact) mass is 911 g/mol. The molecule has 1 aromatic heterocycles. The first-order valence-corrected chi connectivity index (χ1v) is 26.6. The molecule has 0 N–H and O–H groups in total. The summed E-state index contributed by atoms with van der Waals surface area (Å²) in [6.45, 7) is 0. The van der Waals surface area contributed by atoms with E-state index in [-0.39, 0.29) is 0 Å². The van der Waals surface area contributed by atoms with Gasteiger partial charge in [0.25, 0.3) is 0 Å². The Hall–Kier alpha value is -6.05. The van der Waals surface area contributed by atoms with Crippen molar-refractivity contribution in [2.24, 2.45) is 0 Å². The molecule has 0 aliphatic heterocycles. The number of hydrogen-bond acceptors (Lipinski definition) is 1. The van der Waals surface area contributed by atoms with Gasteiger partial charge < -0.3 is 4.42 Å². The van der Waals surface area contributed by atoms with Gasteiger partial charge in [0, 0.05) is 10.8 Å². The first kappa shape index (κ1) is 46.7. The maximum atomic E-state index is 6.84. The lowest BCUT2D eigenvalue weighted by molar-refractivity contribution is 0.669. The van der Waals surface area contributed by atoms with Gasteiger partial charge in [-0.15, -0.1) is 10.9 Å². The van der Waals surface area contributed by atoms with Gasteiger partial charge in [-0.2, -0.15) is 0 Å². The molecule has 0 amide bonds. The van der Waals surface area contributed by atoms with E-state index in [4.69, 9.17) is 4.42 Å². The van der Waals surface area contributed by atoms with Crippen molar-refractivity contribution in [3.63, 3.8) is 0 Å². The van der Waals surface area contributed by atoms with Crippen LogP contribution in [-0.2, 0) is 0 Å². The van der Waals surface area contributed by atoms with Crippen LogP contribution in [0.3, 0.4) is 0 Å². The molecule has 0 saturated heterocycles. The standard InChI is InChI=1S/C54H48B18O/c55-37-22(29-25-27-33(43(61)39(29)57)49(67)53(71)51(69)35(27)47(65)45(63)31(25)41(37)59)15-8-9-16(17-6-3-7-20-23(17)19-10-13-4-1-2-5-14(13)12-21(19)73-20)18(11-15)24-30-26-28-34(44(62)40(30)58)50(68)54(72)52(70)36(28)48(66)46(64)32(26)42(60)38(24)56/h1-12H,55-72H2. The van der Waals surface area contributed by atoms with Crippen LogP contribution < -0.4 is 98.3 Å². The number of benzene rings is 12. The van der Waals surface area contributed by atoms with Gasteiger partial charge in [0.2, 0.25) is 0 Å². The zero-order valence-electron chi connectivity index (χ0n) is 46.3. The van der Waals surface area contributed by atoms with Crippen LogP contribution in [0.5, 0.6) is 0 Å². The fourth-order valence-electron chi connectivity index (χ4n) is 15.0. The van der Waals surface area contributed by atoms with Crippen molar-refractivity contribution in [2.45, 2.75) is 0 Å². The highest BCUT2D eigenvalue weighted by Gasteiger charge is 2.30. The van der Waals surface area contributed by atoms with Crippen LogP contribution in [0.25, 0.3) is 131 Å². The van der Waals surface area contributed by atoms with E-state index < -0.39 is 0 Å². The van der Waals surface area contributed by atoms with Crippen molar-refractivity contribution in [1.82, 2.24) is 0 Å². The number of rotatable bonds is 3. The first-order valence-electron chi connectivity index (χ1n) is 26.6. The van der Waals surface area contributed by atoms with E-state index >= 15 is 0 Å². The van der Waals surface area contributed by atoms with Crippen LogP contribution in [0.15, 0.2) is 77.2 Å². The van der Waals surface area contributed by atoms with Crippen LogP contribution in [0.2, 0.25) is 0 Å². The Bertz CT molecular complexity index is 4720. The van der Waals surface area contributed by atoms with E-state index in [1.807, 2.05) is 0 Å². The van der Waals surface area contributed by atoms with E-state index in [0.717, 1.165) is 16.6 Å². The van der Waals surface area contributed by atoms with Gasteiger partial charge in [0.1, 0.15) is 152 Å². The molecular formula is C54H48B18O. The lowest BCUT2D eigenvalue weighted by Gasteiger charge is -2.30. The lowest BCUT2D eigenvalue weighted by Crippen LogP contribution is -2.48. The molecule has 0 unspecified atom stereocenters. The van der Waals surface area contributed by atoms with Crippen molar-refractivity contribution < 1.29 is 4.42 Å². The first-order chi connectivity index (χ1) is 34.8. The average molecular weight is 908 g/mol. The van der Waals surface area contributed by atoms with Gasteiger partial charge in [0.05, 0.1) is 0 Å². The molecule has 0 aliphatic carbocycles. The van der Waals surface area contributed by atoms with Crippen LogP contribution in [0, 0.1) is 0 Å². The van der Waals surface area contributed by atoms with Gasteiger partial charge in [-0.3, -0.25) is 0 Å². The molecule has 0 spiro atoms. The predicted octanol–water partition coefficient (Wildman–Crippen LogP) is -15.8. The molecule has 12 aromatic carbocycles. The van der Waals surface area contributed by atoms with Gasteiger partial charge in [-0.25, -0.2) is 0 Å². The minimum atomic E-state index is 0.913. The summed E-state index contributed by atoms with van der Waals surface area (Å²) in [5.41, 5.74) is 34.5. The van der Waals surface area contributed by atoms with Crippen molar-refractivity contribution in [3.8, 4) is 33.4 Å². The Morgan fingerprint density at radius 1 is 0.233 bits per heavy atom. The van der Waals surface area contributed by atoms with Crippen LogP contribution >= 0.6 is 0 Å². The summed E-state index contributed by atoms with van der Waals surface area (Å²) in [5.74, 6) is 0. The number of hydrogen-bond donors (Lipinski definition) is 0. The number of furan rings is 1. The molecule has 0 saturated carbocycles. The van der Waals surface area contributed by atoms with Crippen molar-refractivity contribution in [3.05, 3.63) is 72.8 Å². The smallest absolute Gasteiger partial charge is 0.139 e. The number of fused-ring (bicyclic) bond motifs is 4. The van der Waals surface area contributed by atoms with Crippen LogP contribution in [0.4, 0.5) is 0 Å². The highest BCUT2D eigenvalue weighted by atomic mass is 16.3. The SMILES string of the molecule is Bc1c(B)c2c(B)c(B)c3c(B)c(B)c(-c4ccc(-c5cccc6oc7cc8ccccc8cc7c56)c(-c5c(B)c(B)c6c(B)c(B)c7c(B)c(B)c(B)c8c(B)c(B)c5c6c78)c4)c4c(B)c(B)c(c1B)c2c34. The summed E-state index contributed by atoms with van der Waals surface area (Å²) in [6.07, 6.45) is 0. The minimum absolute atomic E-state index is 0.913. The highest BCUT2D eigenvalue weighted by Crippen LogP contribution is 2.45. The molecule has 0 bridgehead atoms. The minimum Gasteiger partial charge on any atom is -0.456 e. The molecule has 0 radical (unpaired) electrons. The van der Waals surface area contributed by atoms with Gasteiger partial charge in [-0.05, 0) is 133 Å². The summed E-state index contributed by atoms with van der Waals surface area (Å²) in [6, 6.07) is 27.5. The molecular weight excluding hydrogens is 859 g/mol. The van der Waals surface area contributed by atoms with Gasteiger partial charge in [-0.1, -0.05) is 136 Å². The fraction of sp³-hybridized carbons (Fsp3) is 0. The molecule has 0 fully saturated rings. The molecule has 19 heteroatoms. The molecule has 13 rings (SSSR count). The van der Waals surface area contributed by atoms with E-state index in [2.05, 4.69) is 214 Å². The molecule has 73 heavy (non-hydrogen) atoms. The Labute approximate surface area is 444 Å². The molecule has 1 heterocycles. The van der Waals surface area contributed by atoms with E-state index in [0.29, 0.717) is 0 Å². The van der Waals surface area contributed by atoms with Crippen molar-refractivity contribution in [1.29, 1.82) is 0 Å². The zero-order valence-corrected chi connectivity index (χ0v) is 46.3. The summed E-state index contributed by atoms with van der Waals surface area (Å²) in [5, 5.41) is 21.8. The second kappa shape index (κ2) is 15.7. The third-order valence-electron chi connectivity index (χ3n) is 19.9. The zero-order chi connectivity index (χ0) is 51.4.